The molecule has 10 heteroatoms. The second kappa shape index (κ2) is 5.20. The van der Waals surface area contributed by atoms with Gasteiger partial charge < -0.3 is 16.4 Å². The Balaban J connectivity index is 2.28. The van der Waals surface area contributed by atoms with E-state index in [-0.39, 0.29) is 11.8 Å². The van der Waals surface area contributed by atoms with Crippen molar-refractivity contribution in [3.63, 3.8) is 0 Å². The van der Waals surface area contributed by atoms with Crippen LogP contribution >= 0.6 is 7.82 Å². The van der Waals surface area contributed by atoms with Crippen LogP contribution in [0.5, 0.6) is 0 Å². The minimum Gasteiger partial charge on any atom is -0.346 e. The molecule has 1 aromatic rings. The Morgan fingerprint density at radius 1 is 1.32 bits per heavy atom. The van der Waals surface area contributed by atoms with E-state index in [1.807, 2.05) is 4.90 Å². The lowest BCUT2D eigenvalue weighted by Crippen LogP contribution is -2.47. The normalized spacial score (nSPS) is 16.4. The summed E-state index contributed by atoms with van der Waals surface area (Å²) in [6, 6.07) is 1.48. The molecule has 0 spiro atoms. The molecule has 0 bridgehead atoms. The summed E-state index contributed by atoms with van der Waals surface area (Å²) in [7, 11) is -4.74. The highest BCUT2D eigenvalue weighted by Crippen LogP contribution is 2.30. The molecule has 0 aliphatic carbocycles. The largest absolute Gasteiger partial charge is 0.552 e. The monoisotopic (exact) mass is 290 g/mol. The van der Waals surface area contributed by atoms with E-state index in [1.54, 1.807) is 0 Å². The van der Waals surface area contributed by atoms with Crippen LogP contribution in [-0.4, -0.2) is 27.9 Å². The molecule has 0 aromatic carbocycles. The summed E-state index contributed by atoms with van der Waals surface area (Å²) in [6.07, 6.45) is 3.31. The molecule has 106 valence electrons. The van der Waals surface area contributed by atoms with E-state index in [1.165, 1.54) is 12.5 Å². The van der Waals surface area contributed by atoms with Gasteiger partial charge in [0, 0.05) is 13.1 Å². The molecular formula is C9H17N5O4P+. The first-order chi connectivity index (χ1) is 8.87. The van der Waals surface area contributed by atoms with Crippen molar-refractivity contribution in [2.75, 3.05) is 29.5 Å². The average molecular weight is 290 g/mol. The zero-order chi connectivity index (χ0) is 14.0. The Morgan fingerprint density at radius 3 is 2.47 bits per heavy atom. The number of hydrogen-bond acceptors (Lipinski definition) is 6. The van der Waals surface area contributed by atoms with E-state index in [2.05, 4.69) is 9.61 Å². The van der Waals surface area contributed by atoms with E-state index in [0.29, 0.717) is 10.5 Å². The van der Waals surface area contributed by atoms with Gasteiger partial charge in [-0.15, -0.1) is 0 Å². The minimum absolute atomic E-state index is 0.0172. The number of phosphoric acid groups is 1. The number of hydrogen-bond donors (Lipinski definition) is 4. The van der Waals surface area contributed by atoms with Crippen molar-refractivity contribution in [3.05, 3.63) is 6.07 Å². The summed E-state index contributed by atoms with van der Waals surface area (Å²) in [5.41, 5.74) is 11.3. The number of piperidine rings is 1. The number of anilines is 3. The molecule has 0 atom stereocenters. The highest BCUT2D eigenvalue weighted by Gasteiger charge is 2.26. The van der Waals surface area contributed by atoms with E-state index in [9.17, 15) is 4.57 Å². The number of nitrogens with zero attached hydrogens (tertiary/aromatic N) is 3. The molecule has 1 aliphatic rings. The van der Waals surface area contributed by atoms with Crippen molar-refractivity contribution >= 4 is 25.4 Å². The van der Waals surface area contributed by atoms with Gasteiger partial charge in [-0.25, -0.2) is 4.57 Å². The van der Waals surface area contributed by atoms with Crippen LogP contribution in [0, 0.1) is 0 Å². The molecule has 19 heavy (non-hydrogen) atoms. The topological polar surface area (TPSA) is 139 Å². The highest BCUT2D eigenvalue weighted by atomic mass is 31.2. The maximum Gasteiger partial charge on any atom is 0.552 e. The summed E-state index contributed by atoms with van der Waals surface area (Å²) in [5, 5.41) is 0. The minimum atomic E-state index is -4.74. The molecule has 1 aliphatic heterocycles. The van der Waals surface area contributed by atoms with Crippen molar-refractivity contribution in [1.29, 1.82) is 0 Å². The van der Waals surface area contributed by atoms with E-state index in [4.69, 9.17) is 21.3 Å². The first-order valence-corrected chi connectivity index (χ1v) is 7.38. The van der Waals surface area contributed by atoms with E-state index in [0.717, 1.165) is 25.9 Å². The Bertz CT molecular complexity index is 490. The quantitative estimate of drug-likeness (QED) is 0.412. The summed E-state index contributed by atoms with van der Waals surface area (Å²) in [5.74, 6) is 0.362. The Labute approximate surface area is 110 Å². The first-order valence-electron chi connectivity index (χ1n) is 5.85. The third-order valence-corrected chi connectivity index (χ3v) is 3.19. The number of aromatic nitrogens is 2. The maximum absolute atomic E-state index is 10.8. The van der Waals surface area contributed by atoms with Gasteiger partial charge in [0.15, 0.2) is 5.82 Å². The molecule has 1 aromatic heterocycles. The lowest BCUT2D eigenvalue weighted by molar-refractivity contribution is -0.838. The summed E-state index contributed by atoms with van der Waals surface area (Å²) in [4.78, 5) is 23.6. The van der Waals surface area contributed by atoms with Gasteiger partial charge in [0.2, 0.25) is 5.82 Å². The van der Waals surface area contributed by atoms with Gasteiger partial charge in [-0.3, -0.25) is 14.4 Å². The second-order valence-electron chi connectivity index (χ2n) is 4.31. The van der Waals surface area contributed by atoms with Crippen LogP contribution in [0.15, 0.2) is 6.07 Å². The number of nitrogen functional groups attached to an aromatic ring is 2. The van der Waals surface area contributed by atoms with Crippen molar-refractivity contribution in [3.8, 4) is 0 Å². The lowest BCUT2D eigenvalue weighted by Gasteiger charge is -2.26. The predicted molar refractivity (Wildman–Crippen MR) is 67.9 cm³/mol. The fraction of sp³-hybridized carbons (Fsp3) is 0.556. The van der Waals surface area contributed by atoms with E-state index >= 15 is 0 Å². The molecule has 2 heterocycles. The van der Waals surface area contributed by atoms with Crippen LogP contribution in [0.25, 0.3) is 0 Å². The van der Waals surface area contributed by atoms with Crippen LogP contribution in [-0.2, 0) is 4.57 Å². The summed E-state index contributed by atoms with van der Waals surface area (Å²) >= 11 is 0. The smallest absolute Gasteiger partial charge is 0.346 e. The van der Waals surface area contributed by atoms with Gasteiger partial charge in [-0.2, -0.15) is 0 Å². The van der Waals surface area contributed by atoms with Crippen molar-refractivity contribution in [2.45, 2.75) is 19.3 Å². The van der Waals surface area contributed by atoms with Crippen molar-refractivity contribution in [1.82, 2.24) is 4.98 Å². The Hall–Kier alpha value is -1.57. The highest BCUT2D eigenvalue weighted by molar-refractivity contribution is 7.46. The van der Waals surface area contributed by atoms with Gasteiger partial charge in [0.05, 0.1) is 6.07 Å². The summed E-state index contributed by atoms with van der Waals surface area (Å²) < 4.78 is 15.8. The molecule has 0 unspecified atom stereocenters. The fourth-order valence-electron chi connectivity index (χ4n) is 2.00. The molecule has 0 amide bonds. The molecule has 9 nitrogen and oxygen atoms in total. The van der Waals surface area contributed by atoms with E-state index < -0.39 is 7.82 Å². The second-order valence-corrected chi connectivity index (χ2v) is 5.46. The zero-order valence-electron chi connectivity index (χ0n) is 10.3. The van der Waals surface area contributed by atoms with Crippen LogP contribution in [0.3, 0.4) is 0 Å². The fourth-order valence-corrected chi connectivity index (χ4v) is 2.39. The Kier molecular flexibility index (Phi) is 3.79. The average Bonchev–Trinajstić information content (AvgIpc) is 2.33. The molecular weight excluding hydrogens is 273 g/mol. The zero-order valence-corrected chi connectivity index (χ0v) is 11.2. The SMILES string of the molecule is Nc1cc(N2CCCCC2)nc(N)[n+]1OP(=O)(O)O. The summed E-state index contributed by atoms with van der Waals surface area (Å²) in [6.45, 7) is 1.71. The molecule has 0 radical (unpaired) electrons. The van der Waals surface area contributed by atoms with Gasteiger partial charge in [0.1, 0.15) is 0 Å². The molecule has 0 saturated carbocycles. The standard InChI is InChI=1S/C9H16N5O4P/c10-7-6-8(13-4-2-1-3-5-13)12-9(11)14(7)18-19(15,16)17/h6H,1-5H2,(H5,10,11,12,15,16,17)/p+1. The molecule has 6 N–H and O–H groups in total. The van der Waals surface area contributed by atoms with Crippen LogP contribution < -0.4 is 25.7 Å². The Morgan fingerprint density at radius 2 is 1.95 bits per heavy atom. The third-order valence-electron chi connectivity index (χ3n) is 2.82. The molecule has 1 saturated heterocycles. The van der Waals surface area contributed by atoms with Gasteiger partial charge in [-0.1, -0.05) is 4.98 Å². The maximum atomic E-state index is 10.8. The molecule has 1 fully saturated rings. The lowest BCUT2D eigenvalue weighted by atomic mass is 10.1. The van der Waals surface area contributed by atoms with Gasteiger partial charge in [0.25, 0.3) is 0 Å². The van der Waals surface area contributed by atoms with Crippen LogP contribution in [0.1, 0.15) is 19.3 Å². The van der Waals surface area contributed by atoms with Crippen LogP contribution in [0.4, 0.5) is 17.6 Å². The first kappa shape index (κ1) is 13.9. The molecule has 2 rings (SSSR count). The van der Waals surface area contributed by atoms with Gasteiger partial charge >= 0.3 is 13.8 Å². The number of rotatable bonds is 3. The van der Waals surface area contributed by atoms with Crippen molar-refractivity contribution in [2.24, 2.45) is 0 Å². The third kappa shape index (κ3) is 3.46. The van der Waals surface area contributed by atoms with Crippen LogP contribution in [0.2, 0.25) is 0 Å². The predicted octanol–water partition coefficient (Wildman–Crippen LogP) is -0.955. The van der Waals surface area contributed by atoms with Crippen molar-refractivity contribution < 1.29 is 23.7 Å². The van der Waals surface area contributed by atoms with Gasteiger partial charge in [-0.05, 0) is 24.0 Å². The number of nitrogens with two attached hydrogens (primary N) is 2.